The van der Waals surface area contributed by atoms with E-state index >= 15 is 0 Å². The zero-order valence-electron chi connectivity index (χ0n) is 16.1. The van der Waals surface area contributed by atoms with Crippen molar-refractivity contribution in [2.24, 2.45) is 11.8 Å². The molecular weight excluding hydrogens is 359 g/mol. The molecule has 0 saturated carbocycles. The molecule has 2 atom stereocenters. The van der Waals surface area contributed by atoms with Gasteiger partial charge in [-0.2, -0.15) is 0 Å². The Labute approximate surface area is 163 Å². The molecule has 1 heterocycles. The lowest BCUT2D eigenvalue weighted by atomic mass is 9.85. The van der Waals surface area contributed by atoms with Crippen molar-refractivity contribution >= 4 is 23.3 Å². The largest absolute Gasteiger partial charge is 0.343 e. The number of nitrogens with one attached hydrogen (secondary N) is 2. The van der Waals surface area contributed by atoms with Gasteiger partial charge in [-0.1, -0.05) is 38.1 Å². The molecule has 2 aromatic rings. The van der Waals surface area contributed by atoms with Gasteiger partial charge in [0.05, 0.1) is 5.54 Å². The van der Waals surface area contributed by atoms with E-state index in [4.69, 9.17) is 0 Å². The van der Waals surface area contributed by atoms with Gasteiger partial charge < -0.3 is 10.6 Å². The molecule has 0 spiro atoms. The number of Topliss-reactive ketones (excluding diaryl/α,β-unsaturated/α-hetero) is 1. The highest BCUT2D eigenvalue weighted by molar-refractivity contribution is 6.27. The van der Waals surface area contributed by atoms with Crippen LogP contribution in [0.3, 0.4) is 0 Å². The molecule has 0 radical (unpaired) electrons. The summed E-state index contributed by atoms with van der Waals surface area (Å²) in [4.78, 5) is 37.5. The van der Waals surface area contributed by atoms with Gasteiger partial charge in [0.2, 0.25) is 11.8 Å². The summed E-state index contributed by atoms with van der Waals surface area (Å²) in [6.07, 6.45) is 0.480. The van der Waals surface area contributed by atoms with E-state index in [9.17, 15) is 18.8 Å². The number of anilines is 1. The second kappa shape index (κ2) is 7.54. The number of benzene rings is 2. The molecular formula is C22H23FN2O3. The third-order valence-corrected chi connectivity index (χ3v) is 4.88. The highest BCUT2D eigenvalue weighted by Crippen LogP contribution is 2.29. The zero-order valence-corrected chi connectivity index (χ0v) is 16.1. The number of amides is 2. The Kier molecular flexibility index (Phi) is 5.31. The first-order valence-corrected chi connectivity index (χ1v) is 9.23. The van der Waals surface area contributed by atoms with Crippen LogP contribution in [0.2, 0.25) is 0 Å². The van der Waals surface area contributed by atoms with E-state index < -0.39 is 29.1 Å². The summed E-state index contributed by atoms with van der Waals surface area (Å²) in [5, 5.41) is 5.33. The van der Waals surface area contributed by atoms with Crippen LogP contribution in [0.5, 0.6) is 0 Å². The van der Waals surface area contributed by atoms with Crippen LogP contribution >= 0.6 is 0 Å². The van der Waals surface area contributed by atoms with Crippen molar-refractivity contribution in [3.63, 3.8) is 0 Å². The van der Waals surface area contributed by atoms with Gasteiger partial charge in [-0.15, -0.1) is 0 Å². The van der Waals surface area contributed by atoms with Gasteiger partial charge in [-0.3, -0.25) is 14.4 Å². The number of carbonyl (C=O) groups excluding carboxylic acids is 3. The van der Waals surface area contributed by atoms with Crippen LogP contribution in [0.25, 0.3) is 11.1 Å². The summed E-state index contributed by atoms with van der Waals surface area (Å²) >= 11 is 0. The molecule has 0 aliphatic carbocycles. The van der Waals surface area contributed by atoms with E-state index in [1.54, 1.807) is 43.3 Å². The Morgan fingerprint density at radius 2 is 1.61 bits per heavy atom. The van der Waals surface area contributed by atoms with Gasteiger partial charge >= 0.3 is 0 Å². The van der Waals surface area contributed by atoms with Crippen LogP contribution in [0.1, 0.15) is 27.2 Å². The molecule has 6 heteroatoms. The van der Waals surface area contributed by atoms with Gasteiger partial charge in [0.25, 0.3) is 0 Å². The van der Waals surface area contributed by atoms with Crippen molar-refractivity contribution in [2.45, 2.75) is 32.7 Å². The standard InChI is InChI=1S/C22H23FN2O3/c1-13(2)12-22(3)19(26)18(21(28)25-22)20(27)24-17-10-6-15(7-11-17)14-4-8-16(23)9-5-14/h4-11,13,18H,12H2,1-3H3,(H,24,27)(H,25,28). The second-order valence-electron chi connectivity index (χ2n) is 7.79. The van der Waals surface area contributed by atoms with Crippen molar-refractivity contribution in [2.75, 3.05) is 5.32 Å². The molecule has 5 nitrogen and oxygen atoms in total. The molecule has 0 bridgehead atoms. The van der Waals surface area contributed by atoms with E-state index in [0.29, 0.717) is 12.1 Å². The van der Waals surface area contributed by atoms with Crippen molar-refractivity contribution in [1.29, 1.82) is 0 Å². The Bertz CT molecular complexity index is 906. The topological polar surface area (TPSA) is 75.3 Å². The van der Waals surface area contributed by atoms with Crippen LogP contribution in [0, 0.1) is 17.7 Å². The van der Waals surface area contributed by atoms with Crippen LogP contribution in [0.15, 0.2) is 48.5 Å². The maximum atomic E-state index is 13.0. The van der Waals surface area contributed by atoms with Crippen molar-refractivity contribution in [3.8, 4) is 11.1 Å². The number of rotatable bonds is 5. The number of ketones is 1. The molecule has 1 saturated heterocycles. The maximum Gasteiger partial charge on any atom is 0.244 e. The normalized spacial score (nSPS) is 21.7. The lowest BCUT2D eigenvalue weighted by molar-refractivity contribution is -0.135. The van der Waals surface area contributed by atoms with E-state index in [-0.39, 0.29) is 11.7 Å². The number of hydrogen-bond donors (Lipinski definition) is 2. The number of halogens is 1. The molecule has 2 N–H and O–H groups in total. The highest BCUT2D eigenvalue weighted by atomic mass is 19.1. The Hall–Kier alpha value is -3.02. The molecule has 2 amide bonds. The van der Waals surface area contributed by atoms with Crippen LogP contribution in [-0.2, 0) is 14.4 Å². The summed E-state index contributed by atoms with van der Waals surface area (Å²) in [7, 11) is 0. The Morgan fingerprint density at radius 3 is 2.14 bits per heavy atom. The van der Waals surface area contributed by atoms with Crippen LogP contribution in [-0.4, -0.2) is 23.1 Å². The molecule has 0 aromatic heterocycles. The summed E-state index contributed by atoms with van der Waals surface area (Å²) in [6, 6.07) is 13.0. The van der Waals surface area contributed by atoms with E-state index in [1.807, 2.05) is 13.8 Å². The molecule has 2 aromatic carbocycles. The quantitative estimate of drug-likeness (QED) is 0.777. The van der Waals surface area contributed by atoms with E-state index in [1.165, 1.54) is 12.1 Å². The average molecular weight is 382 g/mol. The first-order valence-electron chi connectivity index (χ1n) is 9.23. The Balaban J connectivity index is 1.71. The third kappa shape index (κ3) is 3.96. The molecule has 28 heavy (non-hydrogen) atoms. The fourth-order valence-electron chi connectivity index (χ4n) is 3.65. The first-order chi connectivity index (χ1) is 13.2. The van der Waals surface area contributed by atoms with Gasteiger partial charge in [-0.05, 0) is 54.7 Å². The minimum Gasteiger partial charge on any atom is -0.343 e. The van der Waals surface area contributed by atoms with Gasteiger partial charge in [0, 0.05) is 5.69 Å². The minimum absolute atomic E-state index is 0.204. The van der Waals surface area contributed by atoms with E-state index in [2.05, 4.69) is 10.6 Å². The molecule has 2 unspecified atom stereocenters. The fourth-order valence-corrected chi connectivity index (χ4v) is 3.65. The average Bonchev–Trinajstić information content (AvgIpc) is 2.84. The number of hydrogen-bond acceptors (Lipinski definition) is 3. The Morgan fingerprint density at radius 1 is 1.07 bits per heavy atom. The van der Waals surface area contributed by atoms with Crippen molar-refractivity contribution < 1.29 is 18.8 Å². The maximum absolute atomic E-state index is 13.0. The summed E-state index contributed by atoms with van der Waals surface area (Å²) in [5.41, 5.74) is 1.17. The van der Waals surface area contributed by atoms with E-state index in [0.717, 1.165) is 11.1 Å². The zero-order chi connectivity index (χ0) is 20.5. The van der Waals surface area contributed by atoms with Gasteiger partial charge in [0.15, 0.2) is 11.7 Å². The van der Waals surface area contributed by atoms with Crippen LogP contribution < -0.4 is 10.6 Å². The monoisotopic (exact) mass is 382 g/mol. The summed E-state index contributed by atoms with van der Waals surface area (Å²) in [5.74, 6) is -3.04. The smallest absolute Gasteiger partial charge is 0.244 e. The predicted molar refractivity (Wildman–Crippen MR) is 105 cm³/mol. The SMILES string of the molecule is CC(C)CC1(C)NC(=O)C(C(=O)Nc2ccc(-c3ccc(F)cc3)cc2)C1=O. The summed E-state index contributed by atoms with van der Waals surface area (Å²) < 4.78 is 13.0. The van der Waals surface area contributed by atoms with Gasteiger partial charge in [-0.25, -0.2) is 4.39 Å². The second-order valence-corrected chi connectivity index (χ2v) is 7.79. The molecule has 3 rings (SSSR count). The molecule has 146 valence electrons. The lowest BCUT2D eigenvalue weighted by Gasteiger charge is -2.24. The predicted octanol–water partition coefficient (Wildman–Crippen LogP) is 3.55. The molecule has 1 fully saturated rings. The highest BCUT2D eigenvalue weighted by Gasteiger charge is 2.52. The van der Waals surface area contributed by atoms with Crippen molar-refractivity contribution in [3.05, 3.63) is 54.3 Å². The number of carbonyl (C=O) groups is 3. The minimum atomic E-state index is -1.35. The van der Waals surface area contributed by atoms with Crippen molar-refractivity contribution in [1.82, 2.24) is 5.32 Å². The molecule has 1 aliphatic heterocycles. The third-order valence-electron chi connectivity index (χ3n) is 4.88. The fraction of sp³-hybridized carbons (Fsp3) is 0.318. The van der Waals surface area contributed by atoms with Gasteiger partial charge in [0.1, 0.15) is 5.82 Å². The molecule has 1 aliphatic rings. The lowest BCUT2D eigenvalue weighted by Crippen LogP contribution is -2.44. The summed E-state index contributed by atoms with van der Waals surface area (Å²) in [6.45, 7) is 5.58. The first kappa shape index (κ1) is 19.7. The van der Waals surface area contributed by atoms with Crippen LogP contribution in [0.4, 0.5) is 10.1 Å².